The lowest BCUT2D eigenvalue weighted by atomic mass is 10.1. The fourth-order valence-corrected chi connectivity index (χ4v) is 3.17. The number of alkyl halides is 3. The molecule has 24 heavy (non-hydrogen) atoms. The zero-order valence-electron chi connectivity index (χ0n) is 12.4. The molecule has 0 aromatic heterocycles. The summed E-state index contributed by atoms with van der Waals surface area (Å²) < 4.78 is 66.7. The highest BCUT2D eigenvalue weighted by Gasteiger charge is 2.31. The maximum atomic E-state index is 12.2. The first-order chi connectivity index (χ1) is 11.1. The third-order valence-corrected chi connectivity index (χ3v) is 4.78. The van der Waals surface area contributed by atoms with Gasteiger partial charge in [-0.3, -0.25) is 0 Å². The van der Waals surface area contributed by atoms with Crippen LogP contribution in [0.3, 0.4) is 0 Å². The van der Waals surface area contributed by atoms with Gasteiger partial charge in [-0.1, -0.05) is 17.7 Å². The van der Waals surface area contributed by atoms with E-state index in [1.165, 1.54) is 0 Å². The van der Waals surface area contributed by atoms with Gasteiger partial charge in [0.1, 0.15) is 5.75 Å². The lowest BCUT2D eigenvalue weighted by Crippen LogP contribution is -2.23. The standard InChI is InChI=1S/C15H13ClF3NO3S/c1-10-8-12(16)3-2-11(10)9-20-24(21,22)14-6-4-13(5-7-14)23-15(17,18)19/h2-8,20H,9H2,1H3. The van der Waals surface area contributed by atoms with Crippen LogP contribution in [0, 0.1) is 6.92 Å². The number of nitrogens with one attached hydrogen (secondary N) is 1. The normalized spacial score (nSPS) is 12.2. The number of rotatable bonds is 5. The number of hydrogen-bond donors (Lipinski definition) is 1. The molecule has 0 atom stereocenters. The molecule has 9 heteroatoms. The first-order valence-corrected chi connectivity index (χ1v) is 8.53. The average molecular weight is 380 g/mol. The number of aryl methyl sites for hydroxylation is 1. The van der Waals surface area contributed by atoms with Gasteiger partial charge in [0, 0.05) is 11.6 Å². The van der Waals surface area contributed by atoms with Gasteiger partial charge in [0.25, 0.3) is 0 Å². The summed E-state index contributed by atoms with van der Waals surface area (Å²) in [7, 11) is -3.87. The highest BCUT2D eigenvalue weighted by molar-refractivity contribution is 7.89. The zero-order chi connectivity index (χ0) is 18.0. The van der Waals surface area contributed by atoms with Crippen LogP contribution in [0.25, 0.3) is 0 Å². The molecular weight excluding hydrogens is 367 g/mol. The van der Waals surface area contributed by atoms with Crippen molar-refractivity contribution in [1.82, 2.24) is 4.72 Å². The topological polar surface area (TPSA) is 55.4 Å². The Kier molecular flexibility index (Phi) is 5.42. The Morgan fingerprint density at radius 3 is 2.29 bits per heavy atom. The van der Waals surface area contributed by atoms with Crippen LogP contribution in [0.15, 0.2) is 47.4 Å². The minimum absolute atomic E-state index is 0.0339. The van der Waals surface area contributed by atoms with Gasteiger partial charge in [-0.05, 0) is 54.4 Å². The van der Waals surface area contributed by atoms with E-state index in [1.54, 1.807) is 25.1 Å². The Balaban J connectivity index is 2.10. The molecule has 1 N–H and O–H groups in total. The number of hydrogen-bond acceptors (Lipinski definition) is 3. The largest absolute Gasteiger partial charge is 0.573 e. The third-order valence-electron chi connectivity index (χ3n) is 3.12. The van der Waals surface area contributed by atoms with Crippen LogP contribution in [0.2, 0.25) is 5.02 Å². The van der Waals surface area contributed by atoms with E-state index in [9.17, 15) is 21.6 Å². The van der Waals surface area contributed by atoms with Crippen molar-refractivity contribution in [3.05, 3.63) is 58.6 Å². The molecule has 0 aliphatic rings. The predicted molar refractivity (Wildman–Crippen MR) is 83.3 cm³/mol. The minimum Gasteiger partial charge on any atom is -0.406 e. The van der Waals surface area contributed by atoms with Gasteiger partial charge in [0.15, 0.2) is 0 Å². The summed E-state index contributed by atoms with van der Waals surface area (Å²) in [6, 6.07) is 9.00. The highest BCUT2D eigenvalue weighted by Crippen LogP contribution is 2.24. The fourth-order valence-electron chi connectivity index (χ4n) is 1.93. The number of benzene rings is 2. The van der Waals surface area contributed by atoms with E-state index in [2.05, 4.69) is 9.46 Å². The van der Waals surface area contributed by atoms with Gasteiger partial charge in [0.05, 0.1) is 4.90 Å². The maximum absolute atomic E-state index is 12.2. The molecule has 0 aliphatic heterocycles. The van der Waals surface area contributed by atoms with E-state index in [4.69, 9.17) is 11.6 Å². The van der Waals surface area contributed by atoms with Crippen molar-refractivity contribution in [2.75, 3.05) is 0 Å². The molecule has 0 amide bonds. The smallest absolute Gasteiger partial charge is 0.406 e. The lowest BCUT2D eigenvalue weighted by Gasteiger charge is -2.11. The first-order valence-electron chi connectivity index (χ1n) is 6.67. The second kappa shape index (κ2) is 7.00. The Morgan fingerprint density at radius 1 is 1.12 bits per heavy atom. The first kappa shape index (κ1) is 18.6. The van der Waals surface area contributed by atoms with Gasteiger partial charge in [0.2, 0.25) is 10.0 Å². The van der Waals surface area contributed by atoms with Gasteiger partial charge in [-0.25, -0.2) is 13.1 Å². The Morgan fingerprint density at radius 2 is 1.75 bits per heavy atom. The summed E-state index contributed by atoms with van der Waals surface area (Å²) in [4.78, 5) is -0.163. The molecule has 0 heterocycles. The molecule has 2 aromatic rings. The van der Waals surface area contributed by atoms with Crippen molar-refractivity contribution >= 4 is 21.6 Å². The molecule has 0 saturated carbocycles. The average Bonchev–Trinajstić information content (AvgIpc) is 2.45. The summed E-state index contributed by atoms with van der Waals surface area (Å²) in [5, 5.41) is 0.541. The molecule has 0 aliphatic carbocycles. The number of halogens is 4. The van der Waals surface area contributed by atoms with E-state index >= 15 is 0 Å². The zero-order valence-corrected chi connectivity index (χ0v) is 14.0. The molecule has 0 radical (unpaired) electrons. The van der Waals surface area contributed by atoms with Gasteiger partial charge >= 0.3 is 6.36 Å². The maximum Gasteiger partial charge on any atom is 0.573 e. The van der Waals surface area contributed by atoms with Crippen molar-refractivity contribution < 1.29 is 26.3 Å². The van der Waals surface area contributed by atoms with E-state index in [1.807, 2.05) is 0 Å². The molecule has 2 aromatic carbocycles. The summed E-state index contributed by atoms with van der Waals surface area (Å²) >= 11 is 5.83. The summed E-state index contributed by atoms with van der Waals surface area (Å²) in [6.45, 7) is 1.82. The molecule has 130 valence electrons. The third kappa shape index (κ3) is 5.12. The SMILES string of the molecule is Cc1cc(Cl)ccc1CNS(=O)(=O)c1ccc(OC(F)(F)F)cc1. The van der Waals surface area contributed by atoms with Crippen LogP contribution in [0.5, 0.6) is 5.75 Å². The fraction of sp³-hybridized carbons (Fsp3) is 0.200. The van der Waals surface area contributed by atoms with Crippen molar-refractivity contribution in [1.29, 1.82) is 0 Å². The van der Waals surface area contributed by atoms with E-state index in [0.29, 0.717) is 5.02 Å². The van der Waals surface area contributed by atoms with Gasteiger partial charge in [-0.2, -0.15) is 0 Å². The molecule has 0 bridgehead atoms. The van der Waals surface area contributed by atoms with Crippen molar-refractivity contribution in [3.63, 3.8) is 0 Å². The second-order valence-corrected chi connectivity index (χ2v) is 7.12. The monoisotopic (exact) mass is 379 g/mol. The summed E-state index contributed by atoms with van der Waals surface area (Å²) in [5.74, 6) is -0.491. The quantitative estimate of drug-likeness (QED) is 0.853. The Bertz CT molecular complexity index is 821. The lowest BCUT2D eigenvalue weighted by molar-refractivity contribution is -0.274. The van der Waals surface area contributed by atoms with Crippen LogP contribution < -0.4 is 9.46 Å². The van der Waals surface area contributed by atoms with E-state index < -0.39 is 22.1 Å². The van der Waals surface area contributed by atoms with Crippen LogP contribution in [0.4, 0.5) is 13.2 Å². The van der Waals surface area contributed by atoms with Crippen LogP contribution >= 0.6 is 11.6 Å². The molecular formula is C15H13ClF3NO3S. The van der Waals surface area contributed by atoms with Gasteiger partial charge < -0.3 is 4.74 Å². The molecule has 0 saturated heterocycles. The van der Waals surface area contributed by atoms with Crippen molar-refractivity contribution in [3.8, 4) is 5.75 Å². The molecule has 0 spiro atoms. The molecule has 4 nitrogen and oxygen atoms in total. The summed E-state index contributed by atoms with van der Waals surface area (Å²) in [5.41, 5.74) is 1.55. The molecule has 0 unspecified atom stereocenters. The molecule has 0 fully saturated rings. The number of ether oxygens (including phenoxy) is 1. The van der Waals surface area contributed by atoms with Crippen molar-refractivity contribution in [2.45, 2.75) is 24.7 Å². The predicted octanol–water partition coefficient (Wildman–Crippen LogP) is 4.03. The van der Waals surface area contributed by atoms with Crippen molar-refractivity contribution in [2.24, 2.45) is 0 Å². The number of sulfonamides is 1. The second-order valence-electron chi connectivity index (χ2n) is 4.91. The minimum atomic E-state index is -4.83. The highest BCUT2D eigenvalue weighted by atomic mass is 35.5. The van der Waals surface area contributed by atoms with Crippen LogP contribution in [-0.2, 0) is 16.6 Å². The molecule has 2 rings (SSSR count). The van der Waals surface area contributed by atoms with E-state index in [0.717, 1.165) is 35.4 Å². The Labute approximate surface area is 142 Å². The Hall–Kier alpha value is -1.77. The van der Waals surface area contributed by atoms with Crippen LogP contribution in [-0.4, -0.2) is 14.8 Å². The van der Waals surface area contributed by atoms with E-state index in [-0.39, 0.29) is 11.4 Å². The summed E-state index contributed by atoms with van der Waals surface area (Å²) in [6.07, 6.45) is -4.83. The van der Waals surface area contributed by atoms with Crippen LogP contribution in [0.1, 0.15) is 11.1 Å². The van der Waals surface area contributed by atoms with Gasteiger partial charge in [-0.15, -0.1) is 13.2 Å².